The van der Waals surface area contributed by atoms with Gasteiger partial charge in [0.15, 0.2) is 0 Å². The molecule has 1 aromatic rings. The second-order valence-corrected chi connectivity index (χ2v) is 8.61. The lowest BCUT2D eigenvalue weighted by molar-refractivity contribution is -0.126. The minimum absolute atomic E-state index is 0.0940. The van der Waals surface area contributed by atoms with E-state index >= 15 is 0 Å². The first-order valence-corrected chi connectivity index (χ1v) is 9.39. The van der Waals surface area contributed by atoms with Crippen molar-refractivity contribution in [3.63, 3.8) is 0 Å². The van der Waals surface area contributed by atoms with Gasteiger partial charge in [-0.25, -0.2) is 13.1 Å². The van der Waals surface area contributed by atoms with Gasteiger partial charge in [-0.1, -0.05) is 6.07 Å². The minimum atomic E-state index is -3.66. The zero-order chi connectivity index (χ0) is 18.0. The summed E-state index contributed by atoms with van der Waals surface area (Å²) in [5.74, 6) is -0.288. The van der Waals surface area contributed by atoms with Crippen molar-refractivity contribution in [2.45, 2.75) is 56.3 Å². The van der Waals surface area contributed by atoms with Crippen LogP contribution in [0, 0.1) is 0 Å². The number of ether oxygens (including phenoxy) is 1. The molecule has 134 valence electrons. The van der Waals surface area contributed by atoms with Crippen molar-refractivity contribution in [2.75, 3.05) is 11.9 Å². The van der Waals surface area contributed by atoms with E-state index in [1.54, 1.807) is 32.9 Å². The van der Waals surface area contributed by atoms with Crippen molar-refractivity contribution in [3.05, 3.63) is 24.3 Å². The number of sulfonamides is 1. The number of anilines is 1. The molecule has 0 bridgehead atoms. The highest BCUT2D eigenvalue weighted by molar-refractivity contribution is 7.89. The molecular weight excluding hydrogens is 330 g/mol. The molecule has 0 aliphatic carbocycles. The SMILES string of the molecule is CC(C)(C)NS(=O)(=O)c1cccc(NC(=O)[C@@H]2CC[C@H](CN)O2)c1. The number of amides is 1. The third-order valence-corrected chi connectivity index (χ3v) is 5.27. The van der Waals surface area contributed by atoms with Gasteiger partial charge in [0.1, 0.15) is 6.10 Å². The Hall–Kier alpha value is -1.48. The Kier molecular flexibility index (Phi) is 5.64. The molecule has 2 atom stereocenters. The van der Waals surface area contributed by atoms with E-state index < -0.39 is 21.7 Å². The van der Waals surface area contributed by atoms with Crippen LogP contribution >= 0.6 is 0 Å². The Morgan fingerprint density at radius 3 is 2.62 bits per heavy atom. The first-order chi connectivity index (χ1) is 11.1. The lowest BCUT2D eigenvalue weighted by Gasteiger charge is -2.20. The highest BCUT2D eigenvalue weighted by Crippen LogP contribution is 2.22. The lowest BCUT2D eigenvalue weighted by Crippen LogP contribution is -2.40. The molecule has 7 nitrogen and oxygen atoms in total. The van der Waals surface area contributed by atoms with Crippen molar-refractivity contribution in [2.24, 2.45) is 5.73 Å². The lowest BCUT2D eigenvalue weighted by atomic mass is 10.1. The van der Waals surface area contributed by atoms with Crippen molar-refractivity contribution in [1.82, 2.24) is 4.72 Å². The molecule has 4 N–H and O–H groups in total. The van der Waals surface area contributed by atoms with Gasteiger partial charge in [-0.2, -0.15) is 0 Å². The Bertz CT molecular complexity index is 698. The van der Waals surface area contributed by atoms with E-state index in [2.05, 4.69) is 10.0 Å². The van der Waals surface area contributed by atoms with E-state index in [4.69, 9.17) is 10.5 Å². The van der Waals surface area contributed by atoms with Crippen molar-refractivity contribution in [1.29, 1.82) is 0 Å². The second-order valence-electron chi connectivity index (χ2n) is 6.93. The molecule has 1 aliphatic rings. The van der Waals surface area contributed by atoms with Gasteiger partial charge in [-0.05, 0) is 51.8 Å². The van der Waals surface area contributed by atoms with Crippen molar-refractivity contribution >= 4 is 21.6 Å². The average molecular weight is 355 g/mol. The summed E-state index contributed by atoms with van der Waals surface area (Å²) in [5, 5.41) is 2.71. The highest BCUT2D eigenvalue weighted by atomic mass is 32.2. The van der Waals surface area contributed by atoms with E-state index in [1.165, 1.54) is 12.1 Å². The predicted octanol–water partition coefficient (Wildman–Crippen LogP) is 1.21. The molecule has 0 saturated carbocycles. The summed E-state index contributed by atoms with van der Waals surface area (Å²) in [6.45, 7) is 5.68. The molecule has 0 unspecified atom stereocenters. The summed E-state index contributed by atoms with van der Waals surface area (Å²) in [6.07, 6.45) is 0.713. The fourth-order valence-corrected chi connectivity index (χ4v) is 3.96. The van der Waals surface area contributed by atoms with Crippen LogP contribution in [0.25, 0.3) is 0 Å². The first-order valence-electron chi connectivity index (χ1n) is 7.91. The predicted molar refractivity (Wildman–Crippen MR) is 92.1 cm³/mol. The normalized spacial score (nSPS) is 21.7. The van der Waals surface area contributed by atoms with Crippen LogP contribution in [0.2, 0.25) is 0 Å². The molecule has 1 aromatic carbocycles. The van der Waals surface area contributed by atoms with Gasteiger partial charge in [0.05, 0.1) is 11.0 Å². The van der Waals surface area contributed by atoms with Gasteiger partial charge >= 0.3 is 0 Å². The van der Waals surface area contributed by atoms with E-state index in [9.17, 15) is 13.2 Å². The van der Waals surface area contributed by atoms with Crippen LogP contribution in [0.1, 0.15) is 33.6 Å². The number of hydrogen-bond acceptors (Lipinski definition) is 5. The summed E-state index contributed by atoms with van der Waals surface area (Å²) in [7, 11) is -3.66. The average Bonchev–Trinajstić information content (AvgIpc) is 2.94. The monoisotopic (exact) mass is 355 g/mol. The van der Waals surface area contributed by atoms with E-state index in [-0.39, 0.29) is 16.9 Å². The van der Waals surface area contributed by atoms with Gasteiger partial charge in [-0.3, -0.25) is 4.79 Å². The minimum Gasteiger partial charge on any atom is -0.364 e. The van der Waals surface area contributed by atoms with E-state index in [0.717, 1.165) is 6.42 Å². The van der Waals surface area contributed by atoms with E-state index in [0.29, 0.717) is 18.7 Å². The van der Waals surface area contributed by atoms with Crippen LogP contribution in [0.4, 0.5) is 5.69 Å². The summed E-state index contributed by atoms with van der Waals surface area (Å²) >= 11 is 0. The number of nitrogens with one attached hydrogen (secondary N) is 2. The Morgan fingerprint density at radius 1 is 1.33 bits per heavy atom. The quantitative estimate of drug-likeness (QED) is 0.735. The Balaban J connectivity index is 2.09. The zero-order valence-corrected chi connectivity index (χ0v) is 15.0. The highest BCUT2D eigenvalue weighted by Gasteiger charge is 2.30. The Morgan fingerprint density at radius 2 is 2.04 bits per heavy atom. The molecule has 8 heteroatoms. The largest absolute Gasteiger partial charge is 0.364 e. The van der Waals surface area contributed by atoms with Gasteiger partial charge in [0, 0.05) is 17.8 Å². The van der Waals surface area contributed by atoms with Gasteiger partial charge in [0.2, 0.25) is 10.0 Å². The molecule has 1 fully saturated rings. The van der Waals surface area contributed by atoms with Crippen LogP contribution in [-0.4, -0.2) is 38.6 Å². The maximum atomic E-state index is 12.4. The number of hydrogen-bond donors (Lipinski definition) is 3. The van der Waals surface area contributed by atoms with Crippen LogP contribution in [0.5, 0.6) is 0 Å². The van der Waals surface area contributed by atoms with Crippen LogP contribution in [-0.2, 0) is 19.6 Å². The zero-order valence-electron chi connectivity index (χ0n) is 14.2. The van der Waals surface area contributed by atoms with Gasteiger partial charge < -0.3 is 15.8 Å². The standard InChI is InChI=1S/C16H25N3O4S/c1-16(2,3)19-24(21,22)13-6-4-5-11(9-13)18-15(20)14-8-7-12(10-17)23-14/h4-6,9,12,14,19H,7-8,10,17H2,1-3H3,(H,18,20)/t12-,14+/m1/s1. The molecule has 0 spiro atoms. The molecule has 0 radical (unpaired) electrons. The number of carbonyl (C=O) groups is 1. The molecular formula is C16H25N3O4S. The number of nitrogens with two attached hydrogens (primary N) is 1. The maximum Gasteiger partial charge on any atom is 0.253 e. The molecule has 2 rings (SSSR count). The molecule has 1 saturated heterocycles. The number of benzene rings is 1. The molecule has 0 aromatic heterocycles. The van der Waals surface area contributed by atoms with Crippen LogP contribution < -0.4 is 15.8 Å². The van der Waals surface area contributed by atoms with Crippen LogP contribution in [0.15, 0.2) is 29.2 Å². The molecule has 1 aliphatic heterocycles. The molecule has 1 amide bonds. The topological polar surface area (TPSA) is 111 Å². The first kappa shape index (κ1) is 18.9. The number of carbonyl (C=O) groups excluding carboxylic acids is 1. The smallest absolute Gasteiger partial charge is 0.253 e. The summed E-state index contributed by atoms with van der Waals surface area (Å²) in [6, 6.07) is 6.15. The second kappa shape index (κ2) is 7.18. The van der Waals surface area contributed by atoms with E-state index in [1.807, 2.05) is 0 Å². The van der Waals surface area contributed by atoms with Gasteiger partial charge in [0.25, 0.3) is 5.91 Å². The number of rotatable bonds is 5. The third-order valence-electron chi connectivity index (χ3n) is 3.52. The summed E-state index contributed by atoms with van der Waals surface area (Å²) < 4.78 is 32.8. The Labute approximate surface area is 143 Å². The fraction of sp³-hybridized carbons (Fsp3) is 0.562. The summed E-state index contributed by atoms with van der Waals surface area (Å²) in [5.41, 5.74) is 5.36. The third kappa shape index (κ3) is 5.01. The van der Waals surface area contributed by atoms with Crippen molar-refractivity contribution < 1.29 is 17.9 Å². The fourth-order valence-electron chi connectivity index (χ4n) is 2.50. The maximum absolute atomic E-state index is 12.4. The molecule has 24 heavy (non-hydrogen) atoms. The van der Waals surface area contributed by atoms with Crippen LogP contribution in [0.3, 0.4) is 0 Å². The van der Waals surface area contributed by atoms with Gasteiger partial charge in [-0.15, -0.1) is 0 Å². The van der Waals surface area contributed by atoms with Crippen molar-refractivity contribution in [3.8, 4) is 0 Å². The summed E-state index contributed by atoms with van der Waals surface area (Å²) in [4.78, 5) is 12.3. The molecule has 1 heterocycles.